The van der Waals surface area contributed by atoms with Gasteiger partial charge in [0, 0.05) is 26.3 Å². The zero-order chi connectivity index (χ0) is 35.1. The van der Waals surface area contributed by atoms with E-state index >= 15 is 0 Å². The van der Waals surface area contributed by atoms with Crippen LogP contribution < -0.4 is 110 Å². The molecule has 0 fully saturated rings. The van der Waals surface area contributed by atoms with E-state index in [1.807, 2.05) is 5.32 Å². The minimum absolute atomic E-state index is 0. The Hall–Kier alpha value is -1.13. The smallest absolute Gasteiger partial charge is 0.744 e. The maximum atomic E-state index is 13.9. The number of benzene rings is 4. The van der Waals surface area contributed by atoms with Crippen molar-refractivity contribution in [3.05, 3.63) is 83.1 Å². The summed E-state index contributed by atoms with van der Waals surface area (Å²) in [5.41, 5.74) is 1.67. The maximum Gasteiger partial charge on any atom is 1.00 e. The first-order chi connectivity index (χ1) is 23.5. The molecule has 1 unspecified atom stereocenters. The van der Waals surface area contributed by atoms with Crippen LogP contribution in [0.1, 0.15) is 5.56 Å². The van der Waals surface area contributed by atoms with Crippen LogP contribution in [-0.2, 0) is 28.9 Å². The number of hydrogen-bond acceptors (Lipinski definition) is 18. The van der Waals surface area contributed by atoms with E-state index in [0.717, 1.165) is 12.1 Å². The molecule has 16 nitrogen and oxygen atoms in total. The second-order valence-electron chi connectivity index (χ2n) is 9.47. The summed E-state index contributed by atoms with van der Waals surface area (Å²) < 4.78 is 71.6. The number of amidine groups is 1. The molecule has 1 heterocycles. The van der Waals surface area contributed by atoms with Crippen molar-refractivity contribution in [3.8, 4) is 0 Å². The van der Waals surface area contributed by atoms with Gasteiger partial charge in [-0.2, -0.15) is 23.2 Å². The van der Waals surface area contributed by atoms with Gasteiger partial charge in [-0.25, -0.2) is 12.8 Å². The fraction of sp³-hybridized carbons (Fsp3) is 0.0741. The van der Waals surface area contributed by atoms with E-state index in [4.69, 9.17) is 11.6 Å². The van der Waals surface area contributed by atoms with E-state index in [2.05, 4.69) is 49.5 Å². The number of halogens is 3. The number of nitrogens with one attached hydrogen (secondary N) is 2. The van der Waals surface area contributed by atoms with Crippen LogP contribution in [0.2, 0.25) is 0 Å². The number of anilines is 1. The van der Waals surface area contributed by atoms with Crippen molar-refractivity contribution in [2.45, 2.75) is 27.9 Å². The van der Waals surface area contributed by atoms with E-state index in [9.17, 15) is 32.3 Å². The van der Waals surface area contributed by atoms with Crippen LogP contribution in [0.25, 0.3) is 10.8 Å². The van der Waals surface area contributed by atoms with Gasteiger partial charge in [0.15, 0.2) is 5.82 Å². The molecule has 0 amide bonds. The molecule has 0 aliphatic carbocycles. The SMILES string of the molecule is Cc1cc(NC2=C(Cl)C(F)NC(F)=N2)ccc1N=Nc1ccc(N=Nc2cc(SOO[O-])ccc2S(=O)(=O)[O-])c2cc(SOO[O-])ccc12.[Na+].[Na+].[Na+]. The molecule has 52 heavy (non-hydrogen) atoms. The number of alkyl halides is 1. The van der Waals surface area contributed by atoms with E-state index in [0.29, 0.717) is 62.4 Å². The fourth-order valence-corrected chi connectivity index (χ4v) is 5.74. The first-order valence-corrected chi connectivity index (χ1v) is 16.4. The molecule has 2 N–H and O–H groups in total. The van der Waals surface area contributed by atoms with Gasteiger partial charge in [0.2, 0.25) is 6.30 Å². The van der Waals surface area contributed by atoms with Gasteiger partial charge in [-0.1, -0.05) is 17.7 Å². The molecule has 1 atom stereocenters. The van der Waals surface area contributed by atoms with E-state index in [-0.39, 0.29) is 116 Å². The molecule has 0 bridgehead atoms. The quantitative estimate of drug-likeness (QED) is 0.0269. The molecule has 5 rings (SSSR count). The van der Waals surface area contributed by atoms with Crippen molar-refractivity contribution < 1.29 is 140 Å². The predicted molar refractivity (Wildman–Crippen MR) is 167 cm³/mol. The minimum atomic E-state index is -4.98. The van der Waals surface area contributed by atoms with Gasteiger partial charge >= 0.3 is 88.7 Å². The van der Waals surface area contributed by atoms with Gasteiger partial charge in [0.1, 0.15) is 20.8 Å². The third-order valence-electron chi connectivity index (χ3n) is 6.35. The molecule has 4 aromatic rings. The summed E-state index contributed by atoms with van der Waals surface area (Å²) in [6.07, 6.45) is -3.09. The molecule has 25 heteroatoms. The monoisotopic (exact) mass is 821 g/mol. The Morgan fingerprint density at radius 2 is 1.38 bits per heavy atom. The molecule has 0 radical (unpaired) electrons. The Bertz CT molecular complexity index is 2140. The third kappa shape index (κ3) is 12.4. The average Bonchev–Trinajstić information content (AvgIpc) is 3.07. The molecule has 256 valence electrons. The van der Waals surface area contributed by atoms with Gasteiger partial charge in [-0.3, -0.25) is 10.1 Å². The van der Waals surface area contributed by atoms with Crippen molar-refractivity contribution in [2.75, 3.05) is 5.32 Å². The summed E-state index contributed by atoms with van der Waals surface area (Å²) in [6.45, 7) is 1.73. The molecule has 0 spiro atoms. The van der Waals surface area contributed by atoms with Crippen molar-refractivity contribution in [1.29, 1.82) is 0 Å². The molecular weight excluding hydrogens is 805 g/mol. The summed E-state index contributed by atoms with van der Waals surface area (Å²) in [6, 6.07) is 16.0. The van der Waals surface area contributed by atoms with Crippen LogP contribution >= 0.6 is 35.7 Å². The Balaban J connectivity index is 0.00000312. The Labute approximate surface area is 373 Å². The second-order valence-corrected chi connectivity index (χ2v) is 12.8. The van der Waals surface area contributed by atoms with Gasteiger partial charge in [-0.05, 0) is 73.2 Å². The minimum Gasteiger partial charge on any atom is -0.744 e. The molecule has 1 aliphatic heterocycles. The summed E-state index contributed by atoms with van der Waals surface area (Å²) in [5, 5.41) is 49.3. The van der Waals surface area contributed by atoms with Gasteiger partial charge in [0.25, 0.3) is 6.09 Å². The summed E-state index contributed by atoms with van der Waals surface area (Å²) in [5.74, 6) is -0.201. The molecular formula is C27H17ClF2N7Na3O9S3. The molecule has 1 aliphatic rings. The molecule has 0 saturated heterocycles. The number of aliphatic imine (C=N–C) groups is 1. The largest absolute Gasteiger partial charge is 1.00 e. The Kier molecular flexibility index (Phi) is 19.7. The zero-order valence-electron chi connectivity index (χ0n) is 27.2. The normalized spacial score (nSPS) is 14.4. The van der Waals surface area contributed by atoms with Crippen LogP contribution in [0.15, 0.2) is 118 Å². The number of nitrogens with zero attached hydrogens (tertiary/aromatic N) is 5. The van der Waals surface area contributed by atoms with E-state index in [1.165, 1.54) is 12.1 Å². The summed E-state index contributed by atoms with van der Waals surface area (Å²) >= 11 is 6.95. The molecule has 0 aromatic heterocycles. The van der Waals surface area contributed by atoms with Crippen molar-refractivity contribution in [1.82, 2.24) is 5.32 Å². The number of azo groups is 2. The number of aryl methyl sites for hydroxylation is 1. The standard InChI is InChI=1S/C27H20ClF2N7O9S3.3Na/c1-13-10-14(31-26-24(28)25(29)32-27(30)33-26)2-6-19(13)34-35-20-7-8-21(18-11-15(47-45-43-38)3-5-17(18)20)36-37-22-12-16(48-46-44-39)4-9-23(22)49(40,41)42;;;/h2-12,25,31,38-39H,1H3,(H,32,33)(H,40,41,42);;;/q;3*+1/p-3. The topological polar surface area (TPSA) is 226 Å². The second kappa shape index (κ2) is 21.8. The summed E-state index contributed by atoms with van der Waals surface area (Å²) in [7, 11) is -4.98. The average molecular weight is 822 g/mol. The Morgan fingerprint density at radius 3 is 2.00 bits per heavy atom. The van der Waals surface area contributed by atoms with Crippen LogP contribution in [0.4, 0.5) is 37.2 Å². The predicted octanol–water partition coefficient (Wildman–Crippen LogP) is -2.60. The van der Waals surface area contributed by atoms with Crippen molar-refractivity contribution in [3.63, 3.8) is 0 Å². The van der Waals surface area contributed by atoms with Crippen LogP contribution in [0.5, 0.6) is 0 Å². The van der Waals surface area contributed by atoms with Crippen LogP contribution in [0, 0.1) is 6.92 Å². The first-order valence-electron chi connectivity index (χ1n) is 13.2. The van der Waals surface area contributed by atoms with Gasteiger partial charge in [0.05, 0.1) is 46.0 Å². The third-order valence-corrected chi connectivity index (χ3v) is 8.75. The number of hydrogen-bond donors (Lipinski definition) is 2. The van der Waals surface area contributed by atoms with Gasteiger partial charge in [-0.15, -0.1) is 15.3 Å². The fourth-order valence-electron chi connectivity index (χ4n) is 4.22. The van der Waals surface area contributed by atoms with E-state index < -0.39 is 27.4 Å². The Morgan fingerprint density at radius 1 is 0.827 bits per heavy atom. The van der Waals surface area contributed by atoms with Crippen LogP contribution in [-0.4, -0.2) is 25.4 Å². The van der Waals surface area contributed by atoms with E-state index in [1.54, 1.807) is 49.4 Å². The zero-order valence-corrected chi connectivity index (χ0v) is 36.4. The van der Waals surface area contributed by atoms with Crippen molar-refractivity contribution in [2.24, 2.45) is 25.4 Å². The number of rotatable bonds is 13. The number of fused-ring (bicyclic) bond motifs is 1. The maximum absolute atomic E-state index is 13.9. The summed E-state index contributed by atoms with van der Waals surface area (Å²) in [4.78, 5) is 3.43. The molecule has 4 aromatic carbocycles. The molecule has 0 saturated carbocycles. The van der Waals surface area contributed by atoms with Gasteiger partial charge < -0.3 is 25.7 Å². The first kappa shape index (κ1) is 47.0. The van der Waals surface area contributed by atoms with Crippen molar-refractivity contribution >= 4 is 91.1 Å². The van der Waals surface area contributed by atoms with Crippen LogP contribution in [0.3, 0.4) is 0 Å².